The minimum atomic E-state index is -0.284. The van der Waals surface area contributed by atoms with Crippen LogP contribution in [0.2, 0.25) is 5.02 Å². The molecule has 0 unspecified atom stereocenters. The number of carbonyl (C=O) groups is 2. The molecule has 2 amide bonds. The number of methoxy groups -OCH3 is 2. The minimum absolute atomic E-state index is 0. The molecule has 0 radical (unpaired) electrons. The molecule has 3 rings (SSSR count). The predicted octanol–water partition coefficient (Wildman–Crippen LogP) is 2.37. The molecule has 10 heteroatoms. The minimum Gasteiger partial charge on any atom is -0.496 e. The van der Waals surface area contributed by atoms with E-state index in [0.717, 1.165) is 31.6 Å². The number of nitrogen functional groups attached to an aromatic ring is 1. The quantitative estimate of drug-likeness (QED) is 0.502. The molecule has 5 N–H and O–H groups in total. The average molecular weight is 507 g/mol. The van der Waals surface area contributed by atoms with Crippen LogP contribution in [0.15, 0.2) is 42.5 Å². The maximum atomic E-state index is 12.9. The van der Waals surface area contributed by atoms with Gasteiger partial charge in [-0.05, 0) is 37.6 Å². The van der Waals surface area contributed by atoms with Gasteiger partial charge < -0.3 is 35.8 Å². The normalized spacial score (nSPS) is 17.8. The highest BCUT2D eigenvalue weighted by Crippen LogP contribution is 2.29. The van der Waals surface area contributed by atoms with Gasteiger partial charge in [-0.3, -0.25) is 9.59 Å². The van der Waals surface area contributed by atoms with E-state index in [1.807, 2.05) is 30.3 Å². The number of halogens is 1. The van der Waals surface area contributed by atoms with Gasteiger partial charge in [0.05, 0.1) is 35.5 Å². The number of carbonyl (C=O) groups excluding carboxylic acids is 2. The van der Waals surface area contributed by atoms with E-state index in [-0.39, 0.29) is 29.4 Å². The first-order chi connectivity index (χ1) is 16.3. The van der Waals surface area contributed by atoms with E-state index >= 15 is 0 Å². The lowest BCUT2D eigenvalue weighted by Gasteiger charge is -2.38. The average Bonchev–Trinajstić information content (AvgIpc) is 2.85. The van der Waals surface area contributed by atoms with Crippen LogP contribution in [-0.2, 0) is 9.53 Å². The maximum Gasteiger partial charge on any atom is 0.255 e. The molecule has 0 bridgehead atoms. The first kappa shape index (κ1) is 28.4. The van der Waals surface area contributed by atoms with Gasteiger partial charge in [0.2, 0.25) is 5.91 Å². The van der Waals surface area contributed by atoms with Crippen molar-refractivity contribution in [3.05, 3.63) is 53.1 Å². The summed E-state index contributed by atoms with van der Waals surface area (Å²) in [6.07, 6.45) is 1.78. The maximum absolute atomic E-state index is 12.9. The Morgan fingerprint density at radius 3 is 2.60 bits per heavy atom. The highest BCUT2D eigenvalue weighted by atomic mass is 35.5. The van der Waals surface area contributed by atoms with Crippen LogP contribution in [0.1, 0.15) is 29.6 Å². The van der Waals surface area contributed by atoms with Crippen molar-refractivity contribution in [1.82, 2.24) is 10.2 Å². The number of anilines is 2. The fraction of sp³-hybridized carbons (Fsp3) is 0.440. The SMILES string of the molecule is COc1cc(N)c(Cl)cc1C(=O)N[C@@H]1CCN(CCCC(=O)N(C)c2ccccc2)C[C@@H]1OC.O. The molecular weight excluding hydrogens is 472 g/mol. The number of hydrogen-bond donors (Lipinski definition) is 2. The van der Waals surface area contributed by atoms with Gasteiger partial charge in [-0.2, -0.15) is 0 Å². The van der Waals surface area contributed by atoms with E-state index in [1.54, 1.807) is 25.1 Å². The molecule has 2 aromatic rings. The van der Waals surface area contributed by atoms with Crippen molar-refractivity contribution in [2.75, 3.05) is 51.5 Å². The van der Waals surface area contributed by atoms with Gasteiger partial charge in [0.1, 0.15) is 5.75 Å². The summed E-state index contributed by atoms with van der Waals surface area (Å²) in [5, 5.41) is 3.36. The number of hydrogen-bond acceptors (Lipinski definition) is 6. The number of piperidine rings is 1. The number of likely N-dealkylation sites (tertiary alicyclic amines) is 1. The summed E-state index contributed by atoms with van der Waals surface area (Å²) in [6.45, 7) is 2.26. The highest BCUT2D eigenvalue weighted by molar-refractivity contribution is 6.33. The van der Waals surface area contributed by atoms with E-state index in [1.165, 1.54) is 13.2 Å². The second kappa shape index (κ2) is 13.3. The Morgan fingerprint density at radius 1 is 1.23 bits per heavy atom. The number of rotatable bonds is 9. The van der Waals surface area contributed by atoms with Crippen LogP contribution in [-0.4, -0.2) is 75.2 Å². The molecule has 1 aliphatic rings. The number of nitrogens with one attached hydrogen (secondary N) is 1. The number of nitrogens with two attached hydrogens (primary N) is 1. The Bertz CT molecular complexity index is 991. The summed E-state index contributed by atoms with van der Waals surface area (Å²) >= 11 is 6.11. The summed E-state index contributed by atoms with van der Waals surface area (Å²) in [4.78, 5) is 29.4. The van der Waals surface area contributed by atoms with Crippen molar-refractivity contribution in [1.29, 1.82) is 0 Å². The van der Waals surface area contributed by atoms with Crippen molar-refractivity contribution in [3.63, 3.8) is 0 Å². The molecule has 0 aliphatic carbocycles. The summed E-state index contributed by atoms with van der Waals surface area (Å²) < 4.78 is 11.0. The molecule has 0 saturated carbocycles. The standard InChI is InChI=1S/C25H33ClN4O4.H2O/c1-29(17-8-5-4-6-9-17)24(31)10-7-12-30-13-11-21(23(16-30)34-3)28-25(32)18-14-19(26)20(27)15-22(18)33-2;/h4-6,8-9,14-15,21,23H,7,10-13,16,27H2,1-3H3,(H,28,32);1H2/t21-,23+;/m1./s1. The van der Waals surface area contributed by atoms with Gasteiger partial charge in [0.15, 0.2) is 0 Å². The Morgan fingerprint density at radius 2 is 1.94 bits per heavy atom. The highest BCUT2D eigenvalue weighted by Gasteiger charge is 2.31. The van der Waals surface area contributed by atoms with Crippen LogP contribution < -0.4 is 20.7 Å². The van der Waals surface area contributed by atoms with Crippen molar-refractivity contribution in [3.8, 4) is 5.75 Å². The predicted molar refractivity (Wildman–Crippen MR) is 138 cm³/mol. The molecule has 2 aromatic carbocycles. The third kappa shape index (κ3) is 7.32. The molecule has 1 saturated heterocycles. The summed E-state index contributed by atoms with van der Waals surface area (Å²) in [5.41, 5.74) is 7.40. The van der Waals surface area contributed by atoms with Crippen LogP contribution in [0.5, 0.6) is 5.75 Å². The molecule has 9 nitrogen and oxygen atoms in total. The molecule has 1 heterocycles. The van der Waals surface area contributed by atoms with Crippen LogP contribution >= 0.6 is 11.6 Å². The van der Waals surface area contributed by atoms with E-state index in [2.05, 4.69) is 10.2 Å². The summed E-state index contributed by atoms with van der Waals surface area (Å²) in [7, 11) is 4.93. The Balaban J connectivity index is 0.00000432. The topological polar surface area (TPSA) is 129 Å². The molecule has 0 aromatic heterocycles. The number of para-hydroxylation sites is 1. The number of nitrogens with zero attached hydrogens (tertiary/aromatic N) is 2. The number of amides is 2. The smallest absolute Gasteiger partial charge is 0.255 e. The van der Waals surface area contributed by atoms with Gasteiger partial charge in [-0.25, -0.2) is 0 Å². The largest absolute Gasteiger partial charge is 0.496 e. The Kier molecular flexibility index (Phi) is 10.8. The monoisotopic (exact) mass is 506 g/mol. The molecule has 0 spiro atoms. The fourth-order valence-corrected chi connectivity index (χ4v) is 4.33. The van der Waals surface area contributed by atoms with Gasteiger partial charge >= 0.3 is 0 Å². The van der Waals surface area contributed by atoms with Crippen LogP contribution in [0.3, 0.4) is 0 Å². The van der Waals surface area contributed by atoms with Gasteiger partial charge in [-0.1, -0.05) is 29.8 Å². The van der Waals surface area contributed by atoms with Crippen LogP contribution in [0.4, 0.5) is 11.4 Å². The molecule has 2 atom stereocenters. The molecule has 1 aliphatic heterocycles. The lowest BCUT2D eigenvalue weighted by Crippen LogP contribution is -2.55. The van der Waals surface area contributed by atoms with Crippen LogP contribution in [0, 0.1) is 0 Å². The first-order valence-corrected chi connectivity index (χ1v) is 11.7. The molecule has 1 fully saturated rings. The number of benzene rings is 2. The van der Waals surface area contributed by atoms with Crippen molar-refractivity contribution >= 4 is 34.8 Å². The van der Waals surface area contributed by atoms with Crippen molar-refractivity contribution in [2.45, 2.75) is 31.4 Å². The van der Waals surface area contributed by atoms with E-state index < -0.39 is 0 Å². The summed E-state index contributed by atoms with van der Waals surface area (Å²) in [5.74, 6) is 0.178. The second-order valence-corrected chi connectivity index (χ2v) is 8.82. The zero-order chi connectivity index (χ0) is 24.7. The third-order valence-electron chi connectivity index (χ3n) is 6.21. The second-order valence-electron chi connectivity index (χ2n) is 8.41. The number of ether oxygens (including phenoxy) is 2. The lowest BCUT2D eigenvalue weighted by atomic mass is 10.0. The van der Waals surface area contributed by atoms with E-state index in [0.29, 0.717) is 35.0 Å². The van der Waals surface area contributed by atoms with E-state index in [9.17, 15) is 9.59 Å². The van der Waals surface area contributed by atoms with Crippen molar-refractivity contribution < 1.29 is 24.5 Å². The fourth-order valence-electron chi connectivity index (χ4n) is 4.17. The first-order valence-electron chi connectivity index (χ1n) is 11.3. The van der Waals surface area contributed by atoms with Crippen molar-refractivity contribution in [2.24, 2.45) is 0 Å². The van der Waals surface area contributed by atoms with Gasteiger partial charge in [0, 0.05) is 45.4 Å². The summed E-state index contributed by atoms with van der Waals surface area (Å²) in [6, 6.07) is 12.5. The third-order valence-corrected chi connectivity index (χ3v) is 6.54. The Hall–Kier alpha value is -2.85. The van der Waals surface area contributed by atoms with E-state index in [4.69, 9.17) is 26.8 Å². The molecule has 192 valence electrons. The van der Waals surface area contributed by atoms with Crippen LogP contribution in [0.25, 0.3) is 0 Å². The Labute approximate surface area is 211 Å². The van der Waals surface area contributed by atoms with Gasteiger partial charge in [0.25, 0.3) is 5.91 Å². The zero-order valence-electron chi connectivity index (χ0n) is 20.4. The molecular formula is C25H35ClN4O5. The molecule has 35 heavy (non-hydrogen) atoms. The van der Waals surface area contributed by atoms with Gasteiger partial charge in [-0.15, -0.1) is 0 Å². The lowest BCUT2D eigenvalue weighted by molar-refractivity contribution is -0.118. The zero-order valence-corrected chi connectivity index (χ0v) is 21.2.